The van der Waals surface area contributed by atoms with E-state index in [9.17, 15) is 35.9 Å². The van der Waals surface area contributed by atoms with Crippen LogP contribution in [0, 0.1) is 0 Å². The van der Waals surface area contributed by atoms with Crippen molar-refractivity contribution in [3.05, 3.63) is 77.9 Å². The maximum atomic E-state index is 13.3. The van der Waals surface area contributed by atoms with Crippen molar-refractivity contribution in [3.63, 3.8) is 0 Å². The Morgan fingerprint density at radius 2 is 1.71 bits per heavy atom. The molecule has 8 nitrogen and oxygen atoms in total. The van der Waals surface area contributed by atoms with Crippen LogP contribution in [0.15, 0.2) is 71.7 Å². The van der Waals surface area contributed by atoms with Gasteiger partial charge in [-0.25, -0.2) is 4.90 Å². The first-order valence-electron chi connectivity index (χ1n) is 12.1. The molecular formula is C27H19F6N3O5S. The number of carbonyl (C=O) groups excluding carboxylic acids is 2. The van der Waals surface area contributed by atoms with Crippen LogP contribution in [-0.2, 0) is 22.3 Å². The number of hydrogen-bond donors (Lipinski definition) is 1. The predicted molar refractivity (Wildman–Crippen MR) is 140 cm³/mol. The second kappa shape index (κ2) is 11.5. The number of ether oxygens (including phenoxy) is 3. The quantitative estimate of drug-likeness (QED) is 0.150. The van der Waals surface area contributed by atoms with E-state index in [2.05, 4.69) is 15.0 Å². The molecule has 0 bridgehead atoms. The number of aliphatic imine (C=N–C) groups is 1. The van der Waals surface area contributed by atoms with E-state index in [0.29, 0.717) is 17.1 Å². The maximum absolute atomic E-state index is 13.3. The van der Waals surface area contributed by atoms with Gasteiger partial charge >= 0.3 is 12.5 Å². The number of nitrogens with one attached hydrogen (secondary N) is 1. The van der Waals surface area contributed by atoms with Gasteiger partial charge < -0.3 is 19.5 Å². The summed E-state index contributed by atoms with van der Waals surface area (Å²) >= 11 is 0.843. The van der Waals surface area contributed by atoms with E-state index in [4.69, 9.17) is 9.47 Å². The summed E-state index contributed by atoms with van der Waals surface area (Å²) in [6, 6.07) is 13.7. The molecule has 1 N–H and O–H groups in total. The first kappa shape index (κ1) is 29.1. The number of rotatable bonds is 6. The Labute approximate surface area is 238 Å². The van der Waals surface area contributed by atoms with Crippen LogP contribution < -0.4 is 24.4 Å². The number of hydrogen-bond acceptors (Lipinski definition) is 7. The molecule has 0 radical (unpaired) electrons. The lowest BCUT2D eigenvalue weighted by Crippen LogP contribution is -2.31. The molecule has 2 heterocycles. The van der Waals surface area contributed by atoms with E-state index in [1.807, 2.05) is 0 Å². The van der Waals surface area contributed by atoms with Gasteiger partial charge in [-0.05, 0) is 60.2 Å². The molecule has 1 atom stereocenters. The zero-order chi connectivity index (χ0) is 30.1. The number of anilines is 2. The molecule has 0 unspecified atom stereocenters. The smallest absolute Gasteiger partial charge is 0.454 e. The molecule has 220 valence electrons. The van der Waals surface area contributed by atoms with Crippen LogP contribution in [0.4, 0.5) is 37.7 Å². The van der Waals surface area contributed by atoms with Crippen LogP contribution in [0.1, 0.15) is 17.5 Å². The topological polar surface area (TPSA) is 89.5 Å². The zero-order valence-corrected chi connectivity index (χ0v) is 22.0. The highest BCUT2D eigenvalue weighted by Gasteiger charge is 2.41. The van der Waals surface area contributed by atoms with Gasteiger partial charge in [-0.3, -0.25) is 14.6 Å². The molecule has 0 saturated carbocycles. The average Bonchev–Trinajstić information content (AvgIpc) is 3.49. The highest BCUT2D eigenvalue weighted by Crippen LogP contribution is 2.35. The van der Waals surface area contributed by atoms with Gasteiger partial charge in [0.1, 0.15) is 11.0 Å². The number of thioether (sulfide) groups is 1. The lowest BCUT2D eigenvalue weighted by atomic mass is 10.2. The van der Waals surface area contributed by atoms with E-state index in [0.717, 1.165) is 53.1 Å². The van der Waals surface area contributed by atoms with Crippen molar-refractivity contribution in [2.24, 2.45) is 4.99 Å². The Morgan fingerprint density at radius 1 is 0.976 bits per heavy atom. The van der Waals surface area contributed by atoms with Crippen molar-refractivity contribution in [3.8, 4) is 17.2 Å². The van der Waals surface area contributed by atoms with Crippen LogP contribution in [0.25, 0.3) is 0 Å². The number of nitrogens with zero attached hydrogens (tertiary/aromatic N) is 2. The van der Waals surface area contributed by atoms with Gasteiger partial charge in [-0.15, -0.1) is 13.2 Å². The van der Waals surface area contributed by atoms with Crippen molar-refractivity contribution in [1.29, 1.82) is 0 Å². The molecule has 15 heteroatoms. The highest BCUT2D eigenvalue weighted by molar-refractivity contribution is 8.15. The number of carbonyl (C=O) groups is 2. The molecule has 1 saturated heterocycles. The minimum atomic E-state index is -4.91. The van der Waals surface area contributed by atoms with Crippen molar-refractivity contribution in [2.75, 3.05) is 17.0 Å². The number of imide groups is 1. The molecule has 5 rings (SSSR count). The van der Waals surface area contributed by atoms with E-state index in [-0.39, 0.29) is 36.3 Å². The fourth-order valence-corrected chi connectivity index (χ4v) is 5.12. The Balaban J connectivity index is 1.36. The number of halogens is 6. The fraction of sp³-hybridized carbons (Fsp3) is 0.222. The third-order valence-corrected chi connectivity index (χ3v) is 7.08. The standard InChI is InChI=1S/C27H19F6N3O5S/c28-26(29,30)16-2-1-3-17(11-16)35-25(34-13-15-4-9-20-21(10-15)40-14-39-20)42-22-12-23(37)36(24(22)38)18-5-7-19(8-6-18)41-27(31,32)33/h1-11,22H,12-14H2,(H,34,35)/t22-/m1/s1. The van der Waals surface area contributed by atoms with Gasteiger partial charge in [-0.2, -0.15) is 13.2 Å². The summed E-state index contributed by atoms with van der Waals surface area (Å²) in [4.78, 5) is 31.3. The molecule has 1 fully saturated rings. The van der Waals surface area contributed by atoms with Crippen LogP contribution in [0.3, 0.4) is 0 Å². The van der Waals surface area contributed by atoms with Crippen LogP contribution in [0.2, 0.25) is 0 Å². The predicted octanol–water partition coefficient (Wildman–Crippen LogP) is 6.37. The molecule has 3 aromatic rings. The van der Waals surface area contributed by atoms with Gasteiger partial charge in [0.2, 0.25) is 18.6 Å². The molecule has 2 amide bonds. The normalized spacial score (nSPS) is 17.1. The summed E-state index contributed by atoms with van der Waals surface area (Å²) in [6.07, 6.45) is -9.78. The van der Waals surface area contributed by atoms with Crippen LogP contribution >= 0.6 is 11.8 Å². The number of amides is 2. The van der Waals surface area contributed by atoms with Gasteiger partial charge in [0, 0.05) is 12.1 Å². The van der Waals surface area contributed by atoms with Gasteiger partial charge in [0.15, 0.2) is 16.7 Å². The Morgan fingerprint density at radius 3 is 2.43 bits per heavy atom. The lowest BCUT2D eigenvalue weighted by molar-refractivity contribution is -0.274. The summed E-state index contributed by atoms with van der Waals surface area (Å²) in [5.74, 6) is -0.763. The molecule has 0 aromatic heterocycles. The van der Waals surface area contributed by atoms with E-state index < -0.39 is 40.9 Å². The minimum absolute atomic E-state index is 0.0345. The minimum Gasteiger partial charge on any atom is -0.454 e. The second-order valence-electron chi connectivity index (χ2n) is 8.93. The summed E-state index contributed by atoms with van der Waals surface area (Å²) < 4.78 is 91.7. The first-order chi connectivity index (χ1) is 19.9. The summed E-state index contributed by atoms with van der Waals surface area (Å²) in [5, 5.41) is 1.86. The fourth-order valence-electron chi connectivity index (χ4n) is 4.10. The molecule has 0 aliphatic carbocycles. The third kappa shape index (κ3) is 6.90. The van der Waals surface area contributed by atoms with Crippen molar-refractivity contribution in [2.45, 2.75) is 30.8 Å². The largest absolute Gasteiger partial charge is 0.573 e. The molecule has 42 heavy (non-hydrogen) atoms. The Kier molecular flexibility index (Phi) is 7.95. The second-order valence-corrected chi connectivity index (χ2v) is 10.1. The van der Waals surface area contributed by atoms with E-state index >= 15 is 0 Å². The summed E-state index contributed by atoms with van der Waals surface area (Å²) in [5.41, 5.74) is -0.133. The van der Waals surface area contributed by atoms with Crippen molar-refractivity contribution < 1.29 is 50.1 Å². The van der Waals surface area contributed by atoms with Crippen LogP contribution in [-0.4, -0.2) is 35.4 Å². The molecule has 2 aliphatic heterocycles. The molecular weight excluding hydrogens is 592 g/mol. The van der Waals surface area contributed by atoms with Gasteiger partial charge in [0.05, 0.1) is 17.8 Å². The highest BCUT2D eigenvalue weighted by atomic mass is 32.2. The molecule has 2 aliphatic rings. The number of benzene rings is 3. The summed E-state index contributed by atoms with van der Waals surface area (Å²) in [7, 11) is 0. The monoisotopic (exact) mass is 611 g/mol. The molecule has 0 spiro atoms. The maximum Gasteiger partial charge on any atom is 0.573 e. The number of fused-ring (bicyclic) bond motifs is 1. The third-order valence-electron chi connectivity index (χ3n) is 5.97. The van der Waals surface area contributed by atoms with Gasteiger partial charge in [-0.1, -0.05) is 23.9 Å². The Bertz CT molecular complexity index is 1530. The van der Waals surface area contributed by atoms with Gasteiger partial charge in [0.25, 0.3) is 0 Å². The summed E-state index contributed by atoms with van der Waals surface area (Å²) in [6.45, 7) is 0.108. The zero-order valence-electron chi connectivity index (χ0n) is 21.2. The van der Waals surface area contributed by atoms with Crippen LogP contribution in [0.5, 0.6) is 17.2 Å². The number of alkyl halides is 6. The van der Waals surface area contributed by atoms with Crippen molar-refractivity contribution >= 4 is 40.1 Å². The average molecular weight is 612 g/mol. The Hall–Kier alpha value is -4.40. The van der Waals surface area contributed by atoms with E-state index in [1.165, 1.54) is 12.1 Å². The van der Waals surface area contributed by atoms with E-state index in [1.54, 1.807) is 18.2 Å². The lowest BCUT2D eigenvalue weighted by Gasteiger charge is -2.17. The SMILES string of the molecule is O=C1C[C@@H](SC(=NCc2ccc3c(c2)OCO3)Nc2cccc(C(F)(F)F)c2)C(=O)N1c1ccc(OC(F)(F)F)cc1. The van der Waals surface area contributed by atoms with Crippen molar-refractivity contribution in [1.82, 2.24) is 0 Å². The first-order valence-corrected chi connectivity index (χ1v) is 13.0. The number of amidine groups is 1. The molecule has 3 aromatic carbocycles.